The molecule has 0 radical (unpaired) electrons. The number of hydrogen-bond acceptors (Lipinski definition) is 9. The van der Waals surface area contributed by atoms with E-state index in [1.807, 2.05) is 26.0 Å². The number of hydrogen-bond donors (Lipinski definition) is 3. The Morgan fingerprint density at radius 3 is 2.54 bits per heavy atom. The first-order valence-corrected chi connectivity index (χ1v) is 14.4. The van der Waals surface area contributed by atoms with Crippen molar-refractivity contribution in [3.63, 3.8) is 0 Å². The van der Waals surface area contributed by atoms with Gasteiger partial charge in [-0.2, -0.15) is 0 Å². The van der Waals surface area contributed by atoms with E-state index in [1.54, 1.807) is 27.1 Å². The number of allylic oxidation sites excluding steroid dienone is 2. The van der Waals surface area contributed by atoms with E-state index in [0.717, 1.165) is 12.0 Å². The standard InChI is InChI=1S/C30H47N3O8/c1-18(9-12-26-29(37)30(17-38-30)16-23(41-26)15-28(36)33(7)31-6)8-11-25-19(2)14-24(21(4)40-25)32-27(35)13-10-20(3)39-22(5)34/h8-10,12-13,19-21,23-26,29,31,37H,11,14-17H2,1-7H3,(H,32,35)/t19-,20?,21+,23+,24+,25-,26+,29+,30+/m0/s1. The zero-order chi connectivity index (χ0) is 30.3. The quantitative estimate of drug-likeness (QED) is 0.111. The topological polar surface area (TPSA) is 139 Å². The maximum atomic E-state index is 12.4. The van der Waals surface area contributed by atoms with Crippen molar-refractivity contribution in [1.29, 1.82) is 0 Å². The van der Waals surface area contributed by atoms with Gasteiger partial charge in [-0.15, -0.1) is 0 Å². The van der Waals surface area contributed by atoms with Crippen molar-refractivity contribution in [3.8, 4) is 0 Å². The summed E-state index contributed by atoms with van der Waals surface area (Å²) < 4.78 is 23.0. The lowest BCUT2D eigenvalue weighted by Gasteiger charge is -2.39. The fourth-order valence-corrected chi connectivity index (χ4v) is 5.34. The SMILES string of the molecule is CNN(C)C(=O)C[C@@H]1C[C@@]2(CO2)[C@H](O)[C@@H](C=CC(C)=CC[C@@H]2O[C@H](C)[C@H](NC(=O)C=CC(C)OC(C)=O)C[C@@H]2C)O1. The third-order valence-electron chi connectivity index (χ3n) is 8.04. The van der Waals surface area contributed by atoms with E-state index in [-0.39, 0.29) is 48.5 Å². The van der Waals surface area contributed by atoms with Gasteiger partial charge in [0, 0.05) is 33.5 Å². The summed E-state index contributed by atoms with van der Waals surface area (Å²) in [5, 5.41) is 15.3. The van der Waals surface area contributed by atoms with Crippen LogP contribution in [0.15, 0.2) is 36.0 Å². The summed E-state index contributed by atoms with van der Waals surface area (Å²) in [5.41, 5.74) is 3.17. The summed E-state index contributed by atoms with van der Waals surface area (Å²) in [6.45, 7) is 9.54. The van der Waals surface area contributed by atoms with Crippen molar-refractivity contribution in [2.75, 3.05) is 20.7 Å². The van der Waals surface area contributed by atoms with Gasteiger partial charge in [0.2, 0.25) is 11.8 Å². The Labute approximate surface area is 243 Å². The Morgan fingerprint density at radius 2 is 1.90 bits per heavy atom. The Hall–Kier alpha value is -2.57. The van der Waals surface area contributed by atoms with Crippen LogP contribution in [0, 0.1) is 5.92 Å². The second-order valence-corrected chi connectivity index (χ2v) is 11.5. The van der Waals surface area contributed by atoms with Crippen LogP contribution in [0.2, 0.25) is 0 Å². The molecule has 0 bridgehead atoms. The fraction of sp³-hybridized carbons (Fsp3) is 0.700. The van der Waals surface area contributed by atoms with Gasteiger partial charge < -0.3 is 29.4 Å². The van der Waals surface area contributed by atoms with Gasteiger partial charge in [-0.05, 0) is 45.6 Å². The summed E-state index contributed by atoms with van der Waals surface area (Å²) >= 11 is 0. The lowest BCUT2D eigenvalue weighted by Crippen LogP contribution is -2.51. The number of epoxide rings is 1. The number of aliphatic hydroxyl groups is 1. The van der Waals surface area contributed by atoms with Crippen LogP contribution in [0.25, 0.3) is 0 Å². The van der Waals surface area contributed by atoms with E-state index in [4.69, 9.17) is 18.9 Å². The third kappa shape index (κ3) is 9.47. The first-order chi connectivity index (χ1) is 19.3. The minimum Gasteiger partial charge on any atom is -0.459 e. The normalized spacial score (nSPS) is 34.5. The van der Waals surface area contributed by atoms with Crippen molar-refractivity contribution >= 4 is 17.8 Å². The predicted molar refractivity (Wildman–Crippen MR) is 152 cm³/mol. The number of nitrogens with zero attached hydrogens (tertiary/aromatic N) is 1. The van der Waals surface area contributed by atoms with Gasteiger partial charge in [0.15, 0.2) is 0 Å². The Balaban J connectivity index is 1.51. The van der Waals surface area contributed by atoms with E-state index in [1.165, 1.54) is 18.0 Å². The van der Waals surface area contributed by atoms with Crippen LogP contribution in [0.1, 0.15) is 60.3 Å². The molecule has 0 saturated carbocycles. The number of ether oxygens (including phenoxy) is 4. The molecule has 3 heterocycles. The number of nitrogens with one attached hydrogen (secondary N) is 2. The van der Waals surface area contributed by atoms with Crippen LogP contribution < -0.4 is 10.7 Å². The molecule has 0 aliphatic carbocycles. The minimum atomic E-state index is -0.797. The molecule has 3 aliphatic rings. The van der Waals surface area contributed by atoms with E-state index in [9.17, 15) is 19.5 Å². The van der Waals surface area contributed by atoms with Gasteiger partial charge in [0.05, 0.1) is 37.4 Å². The molecule has 41 heavy (non-hydrogen) atoms. The van der Waals surface area contributed by atoms with E-state index in [0.29, 0.717) is 19.4 Å². The van der Waals surface area contributed by atoms with Gasteiger partial charge in [-0.25, -0.2) is 5.43 Å². The predicted octanol–water partition coefficient (Wildman–Crippen LogP) is 1.96. The Bertz CT molecular complexity index is 1020. The Morgan fingerprint density at radius 1 is 1.20 bits per heavy atom. The van der Waals surface area contributed by atoms with E-state index >= 15 is 0 Å². The molecule has 3 saturated heterocycles. The van der Waals surface area contributed by atoms with Crippen LogP contribution in [0.5, 0.6) is 0 Å². The zero-order valence-corrected chi connectivity index (χ0v) is 25.3. The number of carbonyl (C=O) groups is 3. The second-order valence-electron chi connectivity index (χ2n) is 11.5. The summed E-state index contributed by atoms with van der Waals surface area (Å²) in [4.78, 5) is 35.8. The van der Waals surface area contributed by atoms with Crippen LogP contribution in [0.3, 0.4) is 0 Å². The molecular weight excluding hydrogens is 530 g/mol. The molecule has 0 aromatic heterocycles. The fourth-order valence-electron chi connectivity index (χ4n) is 5.34. The Kier molecular flexibility index (Phi) is 11.7. The van der Waals surface area contributed by atoms with Gasteiger partial charge in [-0.3, -0.25) is 19.4 Å². The van der Waals surface area contributed by atoms with Crippen LogP contribution in [-0.2, 0) is 33.3 Å². The van der Waals surface area contributed by atoms with E-state index < -0.39 is 29.9 Å². The number of hydrazine groups is 1. The minimum absolute atomic E-state index is 0.000227. The van der Waals surface area contributed by atoms with Crippen molar-refractivity contribution in [3.05, 3.63) is 36.0 Å². The molecule has 3 N–H and O–H groups in total. The first kappa shape index (κ1) is 32.9. The highest BCUT2D eigenvalue weighted by atomic mass is 16.6. The van der Waals surface area contributed by atoms with Gasteiger partial charge in [0.1, 0.15) is 23.9 Å². The summed E-state index contributed by atoms with van der Waals surface area (Å²) in [7, 11) is 3.35. The molecule has 1 unspecified atom stereocenters. The highest BCUT2D eigenvalue weighted by Crippen LogP contribution is 2.43. The first-order valence-electron chi connectivity index (χ1n) is 14.4. The average Bonchev–Trinajstić information content (AvgIpc) is 3.68. The second kappa shape index (κ2) is 14.6. The number of esters is 1. The number of rotatable bonds is 11. The smallest absolute Gasteiger partial charge is 0.303 e. The average molecular weight is 578 g/mol. The van der Waals surface area contributed by atoms with Crippen LogP contribution in [-0.4, -0.2) is 96.9 Å². The maximum Gasteiger partial charge on any atom is 0.303 e. The van der Waals surface area contributed by atoms with Crippen molar-refractivity contribution in [2.45, 2.75) is 109 Å². The number of carbonyl (C=O) groups excluding carboxylic acids is 3. The molecule has 230 valence electrons. The zero-order valence-electron chi connectivity index (χ0n) is 25.3. The van der Waals surface area contributed by atoms with E-state index in [2.05, 4.69) is 23.7 Å². The molecular formula is C30H47N3O8. The van der Waals surface area contributed by atoms with Crippen molar-refractivity contribution < 1.29 is 38.4 Å². The van der Waals surface area contributed by atoms with Gasteiger partial charge >= 0.3 is 5.97 Å². The highest BCUT2D eigenvalue weighted by molar-refractivity contribution is 5.87. The summed E-state index contributed by atoms with van der Waals surface area (Å²) in [5.74, 6) is -0.514. The molecule has 2 amide bonds. The molecule has 3 rings (SSSR count). The molecule has 0 aromatic carbocycles. The van der Waals surface area contributed by atoms with Crippen molar-refractivity contribution in [2.24, 2.45) is 5.92 Å². The lowest BCUT2D eigenvalue weighted by atomic mass is 9.87. The number of amides is 2. The molecule has 0 aromatic rings. The molecule has 3 aliphatic heterocycles. The summed E-state index contributed by atoms with van der Waals surface area (Å²) in [6.07, 6.45) is 8.63. The maximum absolute atomic E-state index is 12.4. The summed E-state index contributed by atoms with van der Waals surface area (Å²) in [6, 6.07) is -0.123. The van der Waals surface area contributed by atoms with Crippen LogP contribution in [0.4, 0.5) is 0 Å². The molecule has 9 atom stereocenters. The number of aliphatic hydroxyl groups excluding tert-OH is 1. The van der Waals surface area contributed by atoms with Gasteiger partial charge in [0.25, 0.3) is 0 Å². The molecule has 1 spiro atoms. The molecule has 3 fully saturated rings. The molecule has 11 heteroatoms. The third-order valence-corrected chi connectivity index (χ3v) is 8.04. The van der Waals surface area contributed by atoms with Crippen LogP contribution >= 0.6 is 0 Å². The monoisotopic (exact) mass is 577 g/mol. The molecule has 11 nitrogen and oxygen atoms in total. The van der Waals surface area contributed by atoms with Crippen molar-refractivity contribution in [1.82, 2.24) is 15.8 Å². The largest absolute Gasteiger partial charge is 0.459 e. The van der Waals surface area contributed by atoms with Gasteiger partial charge in [-0.1, -0.05) is 30.7 Å². The highest BCUT2D eigenvalue weighted by Gasteiger charge is 2.58. The lowest BCUT2D eigenvalue weighted by molar-refractivity contribution is -0.151.